The van der Waals surface area contributed by atoms with Crippen LogP contribution in [0.1, 0.15) is 121 Å². The molecule has 1 aromatic rings. The van der Waals surface area contributed by atoms with Crippen molar-refractivity contribution in [3.8, 4) is 17.2 Å². The van der Waals surface area contributed by atoms with Crippen molar-refractivity contribution in [2.24, 2.45) is 5.92 Å². The number of carbonyl (C=O) groups excluding carboxylic acids is 2. The molecule has 2 aliphatic rings. The SMILES string of the molecule is CCCCCCCCCCCCCCCCNC1=CC(=O)C2(Oc3c(Cl)c(OC)cc(OC)c3C2=O)C(C)C1. The molecule has 0 bridgehead atoms. The lowest BCUT2D eigenvalue weighted by Crippen LogP contribution is -2.55. The summed E-state index contributed by atoms with van der Waals surface area (Å²) in [5.74, 6) is -0.342. The number of ketones is 2. The van der Waals surface area contributed by atoms with Crippen molar-refractivity contribution in [2.45, 2.75) is 116 Å². The molecule has 0 saturated heterocycles. The summed E-state index contributed by atoms with van der Waals surface area (Å²) in [5.41, 5.74) is -0.558. The van der Waals surface area contributed by atoms with E-state index in [9.17, 15) is 9.59 Å². The Hall–Kier alpha value is -2.21. The molecule has 0 saturated carbocycles. The molecular weight excluding hydrogens is 514 g/mol. The number of rotatable bonds is 18. The van der Waals surface area contributed by atoms with Gasteiger partial charge in [-0.05, 0) is 12.8 Å². The van der Waals surface area contributed by atoms with Crippen molar-refractivity contribution in [3.05, 3.63) is 28.4 Å². The number of methoxy groups -OCH3 is 2. The summed E-state index contributed by atoms with van der Waals surface area (Å²) < 4.78 is 16.8. The fraction of sp³-hybridized carbons (Fsp3) is 0.688. The summed E-state index contributed by atoms with van der Waals surface area (Å²) in [6.45, 7) is 4.97. The predicted octanol–water partition coefficient (Wildman–Crippen LogP) is 8.23. The Balaban J connectivity index is 1.38. The molecule has 1 N–H and O–H groups in total. The zero-order valence-corrected chi connectivity index (χ0v) is 25.2. The lowest BCUT2D eigenvalue weighted by molar-refractivity contribution is -0.129. The molecule has 1 aliphatic carbocycles. The fourth-order valence-electron chi connectivity index (χ4n) is 5.82. The van der Waals surface area contributed by atoms with Crippen LogP contribution >= 0.6 is 11.6 Å². The van der Waals surface area contributed by atoms with E-state index in [1.165, 1.54) is 104 Å². The first-order valence-corrected chi connectivity index (χ1v) is 15.5. The molecule has 7 heteroatoms. The summed E-state index contributed by atoms with van der Waals surface area (Å²) in [4.78, 5) is 26.9. The van der Waals surface area contributed by atoms with Gasteiger partial charge >= 0.3 is 0 Å². The van der Waals surface area contributed by atoms with E-state index in [1.807, 2.05) is 6.92 Å². The second-order valence-corrected chi connectivity index (χ2v) is 11.5. The van der Waals surface area contributed by atoms with Crippen LogP contribution in [0.25, 0.3) is 0 Å². The highest BCUT2D eigenvalue weighted by Crippen LogP contribution is 2.52. The van der Waals surface area contributed by atoms with Crippen molar-refractivity contribution >= 4 is 23.2 Å². The van der Waals surface area contributed by atoms with Gasteiger partial charge in [0.2, 0.25) is 17.2 Å². The van der Waals surface area contributed by atoms with Gasteiger partial charge in [0.1, 0.15) is 22.1 Å². The van der Waals surface area contributed by atoms with Crippen LogP contribution in [0.4, 0.5) is 0 Å². The minimum atomic E-state index is -1.62. The van der Waals surface area contributed by atoms with Crippen LogP contribution in [0, 0.1) is 5.92 Å². The molecule has 0 fully saturated rings. The van der Waals surface area contributed by atoms with Gasteiger partial charge in [0.25, 0.3) is 0 Å². The third-order valence-electron chi connectivity index (χ3n) is 8.19. The highest BCUT2D eigenvalue weighted by atomic mass is 35.5. The van der Waals surface area contributed by atoms with Crippen LogP contribution in [0.15, 0.2) is 17.8 Å². The third kappa shape index (κ3) is 7.50. The summed E-state index contributed by atoms with van der Waals surface area (Å²) >= 11 is 6.46. The first-order chi connectivity index (χ1) is 18.9. The quantitative estimate of drug-likeness (QED) is 0.144. The average molecular weight is 562 g/mol. The molecule has 39 heavy (non-hydrogen) atoms. The maximum absolute atomic E-state index is 13.6. The molecular formula is C32H48ClNO5. The normalized spacial score (nSPS) is 20.1. The Morgan fingerprint density at radius 2 is 1.44 bits per heavy atom. The van der Waals surface area contributed by atoms with Gasteiger partial charge in [0.05, 0.1) is 14.2 Å². The molecule has 2 unspecified atom stereocenters. The van der Waals surface area contributed by atoms with Gasteiger partial charge in [-0.3, -0.25) is 9.59 Å². The Bertz CT molecular complexity index is 1010. The lowest BCUT2D eigenvalue weighted by atomic mass is 9.74. The van der Waals surface area contributed by atoms with Crippen molar-refractivity contribution in [2.75, 3.05) is 20.8 Å². The van der Waals surface area contributed by atoms with Gasteiger partial charge in [-0.2, -0.15) is 0 Å². The van der Waals surface area contributed by atoms with E-state index in [4.69, 9.17) is 25.8 Å². The smallest absolute Gasteiger partial charge is 0.236 e. The summed E-state index contributed by atoms with van der Waals surface area (Å²) in [5, 5.41) is 3.59. The predicted molar refractivity (Wildman–Crippen MR) is 157 cm³/mol. The molecule has 0 aromatic heterocycles. The number of hydrogen-bond donors (Lipinski definition) is 1. The van der Waals surface area contributed by atoms with Crippen molar-refractivity contribution in [1.82, 2.24) is 5.32 Å². The minimum absolute atomic E-state index is 0.158. The fourth-order valence-corrected chi connectivity index (χ4v) is 6.09. The third-order valence-corrected chi connectivity index (χ3v) is 8.55. The number of fused-ring (bicyclic) bond motifs is 1. The Morgan fingerprint density at radius 1 is 0.897 bits per heavy atom. The summed E-state index contributed by atoms with van der Waals surface area (Å²) in [7, 11) is 2.94. The van der Waals surface area contributed by atoms with Gasteiger partial charge in [-0.25, -0.2) is 0 Å². The van der Waals surface area contributed by atoms with Gasteiger partial charge in [0, 0.05) is 30.3 Å². The first-order valence-electron chi connectivity index (χ1n) is 15.1. The molecule has 6 nitrogen and oxygen atoms in total. The lowest BCUT2D eigenvalue weighted by Gasteiger charge is -2.35. The standard InChI is InChI=1S/C32H48ClNO5/c1-5-6-7-8-9-10-11-12-13-14-15-16-17-18-19-34-24-20-23(2)32(27(35)21-24)31(36)28-25(37-3)22-26(38-4)29(33)30(28)39-32/h21-23,34H,5-20H2,1-4H3. The number of unbranched alkanes of at least 4 members (excludes halogenated alkanes) is 13. The molecule has 3 rings (SSSR count). The van der Waals surface area contributed by atoms with E-state index < -0.39 is 11.4 Å². The molecule has 2 atom stereocenters. The summed E-state index contributed by atoms with van der Waals surface area (Å²) in [6, 6.07) is 1.55. The Labute approximate surface area is 240 Å². The average Bonchev–Trinajstić information content (AvgIpc) is 3.24. The van der Waals surface area contributed by atoms with E-state index >= 15 is 0 Å². The zero-order valence-electron chi connectivity index (χ0n) is 24.5. The van der Waals surface area contributed by atoms with Gasteiger partial charge in [-0.1, -0.05) is 109 Å². The molecule has 218 valence electrons. The number of hydrogen-bond acceptors (Lipinski definition) is 6. The van der Waals surface area contributed by atoms with E-state index in [-0.39, 0.29) is 28.0 Å². The highest BCUT2D eigenvalue weighted by molar-refractivity contribution is 6.36. The van der Waals surface area contributed by atoms with Crippen LogP contribution in [-0.4, -0.2) is 37.9 Å². The molecule has 0 radical (unpaired) electrons. The number of halogens is 1. The van der Waals surface area contributed by atoms with Crippen LogP contribution in [0.5, 0.6) is 17.2 Å². The van der Waals surface area contributed by atoms with E-state index in [0.29, 0.717) is 17.9 Å². The first kappa shape index (κ1) is 31.3. The second kappa shape index (κ2) is 15.5. The van der Waals surface area contributed by atoms with Crippen molar-refractivity contribution in [3.63, 3.8) is 0 Å². The number of ether oxygens (including phenoxy) is 3. The number of allylic oxidation sites excluding steroid dienone is 1. The van der Waals surface area contributed by atoms with E-state index in [0.717, 1.165) is 18.7 Å². The van der Waals surface area contributed by atoms with Gasteiger partial charge in [-0.15, -0.1) is 0 Å². The Morgan fingerprint density at radius 3 is 1.95 bits per heavy atom. The molecule has 0 amide bonds. The topological polar surface area (TPSA) is 73.9 Å². The van der Waals surface area contributed by atoms with Crippen LogP contribution in [0.3, 0.4) is 0 Å². The largest absolute Gasteiger partial charge is 0.496 e. The number of Topliss-reactive ketones (excluding diaryl/α,β-unsaturated/α-hetero) is 1. The number of carbonyl (C=O) groups is 2. The molecule has 1 heterocycles. The highest BCUT2D eigenvalue weighted by Gasteiger charge is 2.60. The monoisotopic (exact) mass is 561 g/mol. The van der Waals surface area contributed by atoms with Crippen LogP contribution in [0.2, 0.25) is 5.02 Å². The zero-order chi connectivity index (χ0) is 28.3. The molecule has 1 aromatic carbocycles. The van der Waals surface area contributed by atoms with E-state index in [2.05, 4.69) is 12.2 Å². The van der Waals surface area contributed by atoms with Gasteiger partial charge < -0.3 is 19.5 Å². The second-order valence-electron chi connectivity index (χ2n) is 11.1. The maximum Gasteiger partial charge on any atom is 0.236 e. The number of nitrogens with one attached hydrogen (secondary N) is 1. The van der Waals surface area contributed by atoms with Crippen LogP contribution < -0.4 is 19.5 Å². The minimum Gasteiger partial charge on any atom is -0.496 e. The number of benzene rings is 1. The molecule has 1 spiro atoms. The van der Waals surface area contributed by atoms with E-state index in [1.54, 1.807) is 6.07 Å². The van der Waals surface area contributed by atoms with Crippen molar-refractivity contribution in [1.29, 1.82) is 0 Å². The maximum atomic E-state index is 13.6. The Kier molecular flexibility index (Phi) is 12.5. The van der Waals surface area contributed by atoms with Crippen LogP contribution in [-0.2, 0) is 4.79 Å². The summed E-state index contributed by atoms with van der Waals surface area (Å²) in [6.07, 6.45) is 20.7. The molecule has 1 aliphatic heterocycles. The van der Waals surface area contributed by atoms with Gasteiger partial charge in [0.15, 0.2) is 5.75 Å². The van der Waals surface area contributed by atoms with Crippen molar-refractivity contribution < 1.29 is 23.8 Å².